The lowest BCUT2D eigenvalue weighted by Gasteiger charge is -2.18. The number of aryl methyl sites for hydroxylation is 4. The minimum absolute atomic E-state index is 0.297. The largest absolute Gasteiger partial charge is 0.272 e. The average molecular weight is 353 g/mol. The Morgan fingerprint density at radius 2 is 1.67 bits per heavy atom. The number of nitrogens with zero attached hydrogens (tertiary/aromatic N) is 5. The first-order valence-electron chi connectivity index (χ1n) is 8.10. The highest BCUT2D eigenvalue weighted by Gasteiger charge is 2.29. The maximum absolute atomic E-state index is 13.1. The zero-order chi connectivity index (χ0) is 18.2. The molecule has 8 heteroatoms. The van der Waals surface area contributed by atoms with Crippen LogP contribution < -0.4 is 0 Å². The summed E-state index contributed by atoms with van der Waals surface area (Å²) in [5, 5.41) is 8.75. The number of hydrogen-bond acceptors (Lipinski definition) is 4. The molecule has 0 atom stereocenters. The fourth-order valence-corrected chi connectivity index (χ4v) is 4.50. The third-order valence-electron chi connectivity index (χ3n) is 4.46. The van der Waals surface area contributed by atoms with Gasteiger partial charge in [-0.3, -0.25) is 9.36 Å². The summed E-state index contributed by atoms with van der Waals surface area (Å²) in [5.41, 5.74) is 4.02. The molecular weight excluding hydrogens is 326 g/mol. The zero-order valence-electron chi connectivity index (χ0n) is 15.6. The molecule has 134 valence electrons. The van der Waals surface area contributed by atoms with Gasteiger partial charge in [-0.05, 0) is 34.1 Å². The molecule has 7 nitrogen and oxygen atoms in total. The Labute approximate surface area is 144 Å². The van der Waals surface area contributed by atoms with Gasteiger partial charge in [0, 0.05) is 38.4 Å². The first-order chi connectivity index (χ1) is 11.1. The van der Waals surface area contributed by atoms with Crippen LogP contribution >= 0.6 is 0 Å². The molecular formula is C16H27N5O2S. The van der Waals surface area contributed by atoms with Crippen LogP contribution in [0.5, 0.6) is 0 Å². The van der Waals surface area contributed by atoms with E-state index in [9.17, 15) is 8.42 Å². The van der Waals surface area contributed by atoms with Crippen molar-refractivity contribution in [1.82, 2.24) is 23.9 Å². The highest BCUT2D eigenvalue weighted by Crippen LogP contribution is 2.25. The molecule has 0 bridgehead atoms. The number of aromatic nitrogens is 4. The van der Waals surface area contributed by atoms with Crippen LogP contribution in [-0.4, -0.2) is 39.3 Å². The zero-order valence-corrected chi connectivity index (χ0v) is 16.4. The molecule has 2 rings (SSSR count). The average Bonchev–Trinajstić information content (AvgIpc) is 2.90. The predicted octanol–water partition coefficient (Wildman–Crippen LogP) is 2.08. The summed E-state index contributed by atoms with van der Waals surface area (Å²) in [5.74, 6) is 0. The van der Waals surface area contributed by atoms with Gasteiger partial charge in [-0.1, -0.05) is 6.92 Å². The van der Waals surface area contributed by atoms with Crippen molar-refractivity contribution < 1.29 is 8.42 Å². The lowest BCUT2D eigenvalue weighted by Crippen LogP contribution is -2.28. The second-order valence-electron chi connectivity index (χ2n) is 6.26. The Kier molecular flexibility index (Phi) is 5.19. The van der Waals surface area contributed by atoms with Gasteiger partial charge in [0.15, 0.2) is 0 Å². The van der Waals surface area contributed by atoms with Crippen LogP contribution in [0.3, 0.4) is 0 Å². The smallest absolute Gasteiger partial charge is 0.246 e. The Morgan fingerprint density at radius 3 is 2.17 bits per heavy atom. The summed E-state index contributed by atoms with van der Waals surface area (Å²) in [6.07, 6.45) is 0.908. The van der Waals surface area contributed by atoms with Crippen LogP contribution in [-0.2, 0) is 30.2 Å². The van der Waals surface area contributed by atoms with Crippen molar-refractivity contribution in [3.63, 3.8) is 0 Å². The van der Waals surface area contributed by atoms with Crippen LogP contribution in [0.1, 0.15) is 41.7 Å². The van der Waals surface area contributed by atoms with E-state index in [2.05, 4.69) is 10.2 Å². The van der Waals surface area contributed by atoms with E-state index in [0.29, 0.717) is 29.4 Å². The summed E-state index contributed by atoms with van der Waals surface area (Å²) in [6.45, 7) is 10.5. The molecule has 0 radical (unpaired) electrons. The fraction of sp³-hybridized carbons (Fsp3) is 0.625. The van der Waals surface area contributed by atoms with Crippen molar-refractivity contribution >= 4 is 10.0 Å². The van der Waals surface area contributed by atoms with Gasteiger partial charge >= 0.3 is 0 Å². The molecule has 0 aromatic carbocycles. The SMILES string of the molecule is CCCn1nc(C)c(S(=O)(=O)N(C)Cc2c(C)nn(C)c2C)c1C. The maximum atomic E-state index is 13.1. The van der Waals surface area contributed by atoms with E-state index in [0.717, 1.165) is 23.4 Å². The van der Waals surface area contributed by atoms with Crippen molar-refractivity contribution in [3.05, 3.63) is 28.3 Å². The highest BCUT2D eigenvalue weighted by molar-refractivity contribution is 7.89. The molecule has 0 aliphatic rings. The molecule has 0 spiro atoms. The third-order valence-corrected chi connectivity index (χ3v) is 6.51. The van der Waals surface area contributed by atoms with Crippen molar-refractivity contribution in [2.75, 3.05) is 7.05 Å². The van der Waals surface area contributed by atoms with Crippen LogP contribution in [0, 0.1) is 27.7 Å². The Hall–Kier alpha value is -1.67. The van der Waals surface area contributed by atoms with E-state index in [1.54, 1.807) is 23.3 Å². The quantitative estimate of drug-likeness (QED) is 0.797. The molecule has 0 saturated heterocycles. The van der Waals surface area contributed by atoms with Crippen LogP contribution in [0.2, 0.25) is 0 Å². The molecule has 0 unspecified atom stereocenters. The second-order valence-corrected chi connectivity index (χ2v) is 8.24. The molecule has 0 saturated carbocycles. The van der Waals surface area contributed by atoms with E-state index >= 15 is 0 Å². The normalized spacial score (nSPS) is 12.3. The molecule has 0 N–H and O–H groups in total. The van der Waals surface area contributed by atoms with Gasteiger partial charge in [0.2, 0.25) is 10.0 Å². The first kappa shape index (κ1) is 18.7. The van der Waals surface area contributed by atoms with Gasteiger partial charge in [0.1, 0.15) is 4.90 Å². The van der Waals surface area contributed by atoms with Gasteiger partial charge in [-0.2, -0.15) is 14.5 Å². The van der Waals surface area contributed by atoms with Crippen LogP contribution in [0.4, 0.5) is 0 Å². The molecule has 2 aromatic rings. The lowest BCUT2D eigenvalue weighted by atomic mass is 10.2. The summed E-state index contributed by atoms with van der Waals surface area (Å²) in [7, 11) is -0.134. The lowest BCUT2D eigenvalue weighted by molar-refractivity contribution is 0.463. The third kappa shape index (κ3) is 3.12. The van der Waals surface area contributed by atoms with E-state index in [-0.39, 0.29) is 0 Å². The first-order valence-corrected chi connectivity index (χ1v) is 9.54. The van der Waals surface area contributed by atoms with Crippen molar-refractivity contribution in [2.45, 2.75) is 59.0 Å². The van der Waals surface area contributed by atoms with Crippen molar-refractivity contribution in [1.29, 1.82) is 0 Å². The molecule has 2 heterocycles. The minimum Gasteiger partial charge on any atom is -0.272 e. The predicted molar refractivity (Wildman–Crippen MR) is 93.3 cm³/mol. The molecule has 0 aliphatic carbocycles. The van der Waals surface area contributed by atoms with Crippen LogP contribution in [0.15, 0.2) is 4.90 Å². The highest BCUT2D eigenvalue weighted by atomic mass is 32.2. The van der Waals surface area contributed by atoms with E-state index < -0.39 is 10.0 Å². The molecule has 2 aromatic heterocycles. The van der Waals surface area contributed by atoms with Gasteiger partial charge in [0.25, 0.3) is 0 Å². The van der Waals surface area contributed by atoms with Crippen molar-refractivity contribution in [3.8, 4) is 0 Å². The van der Waals surface area contributed by atoms with E-state index in [4.69, 9.17) is 0 Å². The number of rotatable bonds is 6. The van der Waals surface area contributed by atoms with E-state index in [1.807, 2.05) is 34.7 Å². The molecule has 0 fully saturated rings. The summed E-state index contributed by atoms with van der Waals surface area (Å²) in [4.78, 5) is 0.317. The van der Waals surface area contributed by atoms with Gasteiger partial charge in [-0.25, -0.2) is 8.42 Å². The van der Waals surface area contributed by atoms with Gasteiger partial charge in [0.05, 0.1) is 17.1 Å². The number of hydrogen-bond donors (Lipinski definition) is 0. The fourth-order valence-electron chi connectivity index (χ4n) is 2.99. The molecule has 24 heavy (non-hydrogen) atoms. The van der Waals surface area contributed by atoms with E-state index in [1.165, 1.54) is 4.31 Å². The molecule has 0 amide bonds. The van der Waals surface area contributed by atoms with Gasteiger partial charge < -0.3 is 0 Å². The summed E-state index contributed by atoms with van der Waals surface area (Å²) < 4.78 is 31.1. The topological polar surface area (TPSA) is 73.0 Å². The van der Waals surface area contributed by atoms with Crippen molar-refractivity contribution in [2.24, 2.45) is 7.05 Å². The Bertz CT molecular complexity index is 848. The Balaban J connectivity index is 2.40. The maximum Gasteiger partial charge on any atom is 0.246 e. The van der Waals surface area contributed by atoms with Gasteiger partial charge in [-0.15, -0.1) is 0 Å². The standard InChI is InChI=1S/C16H27N5O2S/c1-8-9-21-14(5)16(12(3)18-21)24(22,23)19(6)10-15-11(2)17-20(7)13(15)4/h8-10H2,1-7H3. The van der Waals surface area contributed by atoms with Crippen LogP contribution in [0.25, 0.3) is 0 Å². The summed E-state index contributed by atoms with van der Waals surface area (Å²) in [6, 6.07) is 0. The number of sulfonamides is 1. The monoisotopic (exact) mass is 353 g/mol. The Morgan fingerprint density at radius 1 is 1.04 bits per heavy atom. The molecule has 0 aliphatic heterocycles. The summed E-state index contributed by atoms with van der Waals surface area (Å²) >= 11 is 0. The second kappa shape index (κ2) is 6.68. The minimum atomic E-state index is -3.61.